The van der Waals surface area contributed by atoms with Crippen LogP contribution in [0.5, 0.6) is 5.75 Å². The molecule has 2 aromatic carbocycles. The molecule has 132 valence electrons. The van der Waals surface area contributed by atoms with Crippen molar-refractivity contribution in [3.8, 4) is 5.75 Å². The molecule has 1 aliphatic heterocycles. The van der Waals surface area contributed by atoms with Crippen LogP contribution < -0.4 is 4.74 Å². The Balaban J connectivity index is 1.61. The molecule has 5 heteroatoms. The second-order valence-corrected chi connectivity index (χ2v) is 7.40. The molecule has 3 rings (SSSR count). The molecule has 0 radical (unpaired) electrons. The van der Waals surface area contributed by atoms with E-state index in [0.29, 0.717) is 15.8 Å². The lowest BCUT2D eigenvalue weighted by atomic mass is 10.1. The van der Waals surface area contributed by atoms with Gasteiger partial charge in [0.05, 0.1) is 12.0 Å². The Morgan fingerprint density at radius 2 is 1.85 bits per heavy atom. The molecule has 0 atom stereocenters. The minimum absolute atomic E-state index is 0.0220. The Morgan fingerprint density at radius 3 is 2.54 bits per heavy atom. The summed E-state index contributed by atoms with van der Waals surface area (Å²) in [5.74, 6) is 0.804. The number of nitrogens with zero attached hydrogens (tertiary/aromatic N) is 1. The molecular weight excluding hydrogens is 362 g/mol. The van der Waals surface area contributed by atoms with Gasteiger partial charge in [0.15, 0.2) is 0 Å². The topological polar surface area (TPSA) is 29.5 Å². The molecule has 1 amide bonds. The SMILES string of the molecule is COc1ccc(CCN2C(=O)C(=CC=Cc3ccccc3)SC2=S)cc1. The third kappa shape index (κ3) is 4.62. The highest BCUT2D eigenvalue weighted by atomic mass is 32.2. The van der Waals surface area contributed by atoms with E-state index in [1.807, 2.05) is 72.8 Å². The second-order valence-electron chi connectivity index (χ2n) is 5.72. The zero-order chi connectivity index (χ0) is 18.4. The van der Waals surface area contributed by atoms with Crippen molar-refractivity contribution in [3.05, 3.63) is 82.8 Å². The van der Waals surface area contributed by atoms with Crippen LogP contribution >= 0.6 is 24.0 Å². The Kier molecular flexibility index (Phi) is 6.26. The summed E-state index contributed by atoms with van der Waals surface area (Å²) in [7, 11) is 1.65. The van der Waals surface area contributed by atoms with Gasteiger partial charge in [0.1, 0.15) is 10.1 Å². The van der Waals surface area contributed by atoms with Crippen molar-refractivity contribution in [1.29, 1.82) is 0 Å². The Labute approximate surface area is 163 Å². The van der Waals surface area contributed by atoms with Gasteiger partial charge in [-0.25, -0.2) is 0 Å². The first kappa shape index (κ1) is 18.4. The maximum Gasteiger partial charge on any atom is 0.266 e. The number of thiocarbonyl (C=S) groups is 1. The van der Waals surface area contributed by atoms with E-state index in [0.717, 1.165) is 23.3 Å². The second kappa shape index (κ2) is 8.83. The summed E-state index contributed by atoms with van der Waals surface area (Å²) < 4.78 is 5.78. The highest BCUT2D eigenvalue weighted by molar-refractivity contribution is 8.26. The van der Waals surface area contributed by atoms with E-state index in [9.17, 15) is 4.79 Å². The predicted octanol–water partition coefficient (Wildman–Crippen LogP) is 4.70. The van der Waals surface area contributed by atoms with Crippen molar-refractivity contribution >= 4 is 40.3 Å². The van der Waals surface area contributed by atoms with Crippen molar-refractivity contribution < 1.29 is 9.53 Å². The fraction of sp³-hybridized carbons (Fsp3) is 0.143. The smallest absolute Gasteiger partial charge is 0.266 e. The zero-order valence-corrected chi connectivity index (χ0v) is 16.1. The number of hydrogen-bond acceptors (Lipinski definition) is 4. The van der Waals surface area contributed by atoms with Gasteiger partial charge in [-0.2, -0.15) is 0 Å². The van der Waals surface area contributed by atoms with Gasteiger partial charge in [-0.05, 0) is 35.8 Å². The molecule has 0 spiro atoms. The van der Waals surface area contributed by atoms with Crippen molar-refractivity contribution in [1.82, 2.24) is 4.90 Å². The maximum absolute atomic E-state index is 12.6. The quantitative estimate of drug-likeness (QED) is 0.536. The van der Waals surface area contributed by atoms with Gasteiger partial charge in [0.2, 0.25) is 0 Å². The highest BCUT2D eigenvalue weighted by Gasteiger charge is 2.31. The molecule has 0 aliphatic carbocycles. The monoisotopic (exact) mass is 381 g/mol. The number of thioether (sulfide) groups is 1. The largest absolute Gasteiger partial charge is 0.497 e. The molecule has 0 saturated carbocycles. The zero-order valence-electron chi connectivity index (χ0n) is 14.4. The fourth-order valence-corrected chi connectivity index (χ4v) is 3.81. The summed E-state index contributed by atoms with van der Waals surface area (Å²) in [5.41, 5.74) is 2.24. The molecule has 0 unspecified atom stereocenters. The Morgan fingerprint density at radius 1 is 1.12 bits per heavy atom. The summed E-state index contributed by atoms with van der Waals surface area (Å²) in [5, 5.41) is 0. The molecule has 1 heterocycles. The minimum Gasteiger partial charge on any atom is -0.497 e. The van der Waals surface area contributed by atoms with Crippen LogP contribution in [0.1, 0.15) is 11.1 Å². The van der Waals surface area contributed by atoms with Gasteiger partial charge >= 0.3 is 0 Å². The molecule has 0 aromatic heterocycles. The number of carbonyl (C=O) groups is 1. The van der Waals surface area contributed by atoms with E-state index in [-0.39, 0.29) is 5.91 Å². The van der Waals surface area contributed by atoms with Crippen LogP contribution in [-0.2, 0) is 11.2 Å². The predicted molar refractivity (Wildman–Crippen MR) is 112 cm³/mol. The molecule has 26 heavy (non-hydrogen) atoms. The summed E-state index contributed by atoms with van der Waals surface area (Å²) in [6.45, 7) is 0.580. The standard InChI is InChI=1S/C21H19NO2S2/c1-24-18-12-10-17(11-13-18)14-15-22-20(23)19(26-21(22)25)9-5-8-16-6-3-2-4-7-16/h2-13H,14-15H2,1H3. The highest BCUT2D eigenvalue weighted by Crippen LogP contribution is 2.31. The molecule has 0 bridgehead atoms. The third-order valence-corrected chi connectivity index (χ3v) is 5.39. The van der Waals surface area contributed by atoms with Crippen LogP contribution in [0.3, 0.4) is 0 Å². The molecule has 2 aromatic rings. The number of methoxy groups -OCH3 is 1. The number of amides is 1. The maximum atomic E-state index is 12.6. The lowest BCUT2D eigenvalue weighted by molar-refractivity contribution is -0.122. The molecule has 1 aliphatic rings. The summed E-state index contributed by atoms with van der Waals surface area (Å²) >= 11 is 6.73. The first-order valence-electron chi connectivity index (χ1n) is 8.27. The number of carbonyl (C=O) groups excluding carboxylic acids is 1. The Bertz CT molecular complexity index is 842. The van der Waals surface area contributed by atoms with E-state index in [2.05, 4.69) is 0 Å². The minimum atomic E-state index is -0.0220. The van der Waals surface area contributed by atoms with E-state index in [1.54, 1.807) is 12.0 Å². The van der Waals surface area contributed by atoms with Crippen LogP contribution in [0, 0.1) is 0 Å². The van der Waals surface area contributed by atoms with E-state index in [4.69, 9.17) is 17.0 Å². The van der Waals surface area contributed by atoms with Gasteiger partial charge in [0, 0.05) is 6.54 Å². The first-order chi connectivity index (χ1) is 12.7. The number of ether oxygens (including phenoxy) is 1. The van der Waals surface area contributed by atoms with Gasteiger partial charge < -0.3 is 4.74 Å². The van der Waals surface area contributed by atoms with Crippen LogP contribution in [0.4, 0.5) is 0 Å². The fourth-order valence-electron chi connectivity index (χ4n) is 2.55. The first-order valence-corrected chi connectivity index (χ1v) is 9.50. The van der Waals surface area contributed by atoms with Crippen LogP contribution in [0.2, 0.25) is 0 Å². The average Bonchev–Trinajstić information content (AvgIpc) is 2.94. The normalized spacial score (nSPS) is 16.0. The molecule has 0 N–H and O–H groups in total. The molecule has 1 saturated heterocycles. The summed E-state index contributed by atoms with van der Waals surface area (Å²) in [6.07, 6.45) is 6.46. The van der Waals surface area contributed by atoms with Gasteiger partial charge in [-0.3, -0.25) is 9.69 Å². The van der Waals surface area contributed by atoms with Crippen LogP contribution in [0.15, 0.2) is 71.7 Å². The summed E-state index contributed by atoms with van der Waals surface area (Å²) in [6, 6.07) is 17.8. The van der Waals surface area contributed by atoms with E-state index >= 15 is 0 Å². The van der Waals surface area contributed by atoms with Crippen LogP contribution in [0.25, 0.3) is 6.08 Å². The van der Waals surface area contributed by atoms with Gasteiger partial charge in [-0.15, -0.1) is 0 Å². The lowest BCUT2D eigenvalue weighted by Crippen LogP contribution is -2.30. The van der Waals surface area contributed by atoms with Crippen molar-refractivity contribution in [2.75, 3.05) is 13.7 Å². The number of allylic oxidation sites excluding steroid dienone is 2. The van der Waals surface area contributed by atoms with Crippen LogP contribution in [-0.4, -0.2) is 28.8 Å². The van der Waals surface area contributed by atoms with E-state index in [1.165, 1.54) is 11.8 Å². The molecular formula is C21H19NO2S2. The average molecular weight is 382 g/mol. The number of rotatable bonds is 6. The Hall–Kier alpha value is -2.37. The van der Waals surface area contributed by atoms with E-state index < -0.39 is 0 Å². The lowest BCUT2D eigenvalue weighted by Gasteiger charge is -2.14. The number of hydrogen-bond donors (Lipinski definition) is 0. The van der Waals surface area contributed by atoms with Gasteiger partial charge in [0.25, 0.3) is 5.91 Å². The van der Waals surface area contributed by atoms with Crippen molar-refractivity contribution in [2.45, 2.75) is 6.42 Å². The van der Waals surface area contributed by atoms with Gasteiger partial charge in [-0.1, -0.05) is 78.6 Å². The molecule has 1 fully saturated rings. The summed E-state index contributed by atoms with van der Waals surface area (Å²) in [4.78, 5) is 14.9. The van der Waals surface area contributed by atoms with Crippen molar-refractivity contribution in [2.24, 2.45) is 0 Å². The van der Waals surface area contributed by atoms with Crippen molar-refractivity contribution in [3.63, 3.8) is 0 Å². The molecule has 3 nitrogen and oxygen atoms in total. The number of benzene rings is 2. The third-order valence-electron chi connectivity index (χ3n) is 3.99.